The van der Waals surface area contributed by atoms with Gasteiger partial charge in [-0.3, -0.25) is 0 Å². The minimum absolute atomic E-state index is 0.124. The van der Waals surface area contributed by atoms with Gasteiger partial charge in [-0.1, -0.05) is 0 Å². The van der Waals surface area contributed by atoms with Crippen molar-refractivity contribution in [2.75, 3.05) is 26.4 Å². The summed E-state index contributed by atoms with van der Waals surface area (Å²) >= 11 is 0. The smallest absolute Gasteiger partial charge is 0.360 e. The van der Waals surface area contributed by atoms with Gasteiger partial charge in [0.25, 0.3) is 0 Å². The molecule has 0 radical (unpaired) electrons. The third kappa shape index (κ3) is 5.91. The highest BCUT2D eigenvalue weighted by atomic mass is 16.6. The van der Waals surface area contributed by atoms with Crippen LogP contribution in [0.4, 0.5) is 0 Å². The van der Waals surface area contributed by atoms with Crippen LogP contribution in [-0.4, -0.2) is 55.6 Å². The van der Waals surface area contributed by atoms with Crippen molar-refractivity contribution in [1.82, 2.24) is 4.98 Å². The Balaban J connectivity index is 1.12. The molecule has 5 rings (SSSR count). The number of ether oxygens (including phenoxy) is 6. The first-order valence-electron chi connectivity index (χ1n) is 10.4. The van der Waals surface area contributed by atoms with E-state index in [9.17, 15) is 9.59 Å². The number of epoxide rings is 2. The van der Waals surface area contributed by atoms with E-state index in [1.165, 1.54) is 12.1 Å². The number of nitrogens with one attached hydrogen (secondary N) is 1. The van der Waals surface area contributed by atoms with Crippen LogP contribution in [0.5, 0.6) is 23.0 Å². The number of carbonyl (C=O) groups excluding carboxylic acids is 2. The summed E-state index contributed by atoms with van der Waals surface area (Å²) in [6, 6.07) is 16.3. The Labute approximate surface area is 189 Å². The van der Waals surface area contributed by atoms with E-state index < -0.39 is 11.9 Å². The van der Waals surface area contributed by atoms with E-state index in [-0.39, 0.29) is 23.6 Å². The third-order valence-electron chi connectivity index (χ3n) is 4.87. The molecule has 1 N–H and O–H groups in total. The quantitative estimate of drug-likeness (QED) is 0.284. The number of aromatic amines is 1. The molecule has 3 heterocycles. The lowest BCUT2D eigenvalue weighted by molar-refractivity contribution is 0.0726. The highest BCUT2D eigenvalue weighted by molar-refractivity contribution is 5.94. The number of carbonyl (C=O) groups is 2. The predicted octanol–water partition coefficient (Wildman–Crippen LogP) is 3.01. The lowest BCUT2D eigenvalue weighted by Crippen LogP contribution is -2.12. The summed E-state index contributed by atoms with van der Waals surface area (Å²) in [4.78, 5) is 27.5. The minimum atomic E-state index is -0.629. The number of benzene rings is 2. The molecule has 2 atom stereocenters. The Hall–Kier alpha value is -3.82. The summed E-state index contributed by atoms with van der Waals surface area (Å²) in [5, 5.41) is 0. The average molecular weight is 451 g/mol. The molecule has 0 spiro atoms. The van der Waals surface area contributed by atoms with Gasteiger partial charge in [-0.25, -0.2) is 9.59 Å². The maximum absolute atomic E-state index is 12.4. The Morgan fingerprint density at radius 3 is 1.39 bits per heavy atom. The van der Waals surface area contributed by atoms with Crippen molar-refractivity contribution in [2.24, 2.45) is 0 Å². The number of rotatable bonds is 10. The highest BCUT2D eigenvalue weighted by Gasteiger charge is 2.24. The molecule has 3 aromatic rings. The van der Waals surface area contributed by atoms with E-state index in [0.717, 1.165) is 13.2 Å². The molecular formula is C24H21NO8. The van der Waals surface area contributed by atoms with Crippen LogP contribution >= 0.6 is 0 Å². The van der Waals surface area contributed by atoms with Crippen molar-refractivity contribution in [3.05, 3.63) is 72.1 Å². The molecule has 170 valence electrons. The zero-order valence-electron chi connectivity index (χ0n) is 17.5. The van der Waals surface area contributed by atoms with Gasteiger partial charge in [0.15, 0.2) is 0 Å². The van der Waals surface area contributed by atoms with Gasteiger partial charge in [0.05, 0.1) is 13.2 Å². The van der Waals surface area contributed by atoms with Crippen molar-refractivity contribution in [2.45, 2.75) is 12.2 Å². The fourth-order valence-corrected chi connectivity index (χ4v) is 2.87. The van der Waals surface area contributed by atoms with E-state index in [1.807, 2.05) is 0 Å². The molecule has 2 aliphatic rings. The fourth-order valence-electron chi connectivity index (χ4n) is 2.87. The first-order valence-corrected chi connectivity index (χ1v) is 10.4. The van der Waals surface area contributed by atoms with Crippen molar-refractivity contribution in [1.29, 1.82) is 0 Å². The monoisotopic (exact) mass is 451 g/mol. The number of hydrogen-bond donors (Lipinski definition) is 1. The van der Waals surface area contributed by atoms with Gasteiger partial charge in [0.1, 0.15) is 59.8 Å². The second kappa shape index (κ2) is 9.35. The normalized spacial score (nSPS) is 18.3. The van der Waals surface area contributed by atoms with Gasteiger partial charge in [-0.15, -0.1) is 0 Å². The van der Waals surface area contributed by atoms with Gasteiger partial charge < -0.3 is 33.4 Å². The summed E-state index contributed by atoms with van der Waals surface area (Å²) in [5.74, 6) is 0.762. The molecule has 0 aliphatic carbocycles. The van der Waals surface area contributed by atoms with Crippen molar-refractivity contribution in [3.8, 4) is 23.0 Å². The second-order valence-electron chi connectivity index (χ2n) is 7.54. The van der Waals surface area contributed by atoms with Crippen LogP contribution in [0.1, 0.15) is 21.0 Å². The molecule has 9 nitrogen and oxygen atoms in total. The number of hydrogen-bond acceptors (Lipinski definition) is 8. The van der Waals surface area contributed by atoms with Crippen LogP contribution < -0.4 is 18.9 Å². The van der Waals surface area contributed by atoms with Crippen LogP contribution in [-0.2, 0) is 9.47 Å². The Bertz CT molecular complexity index is 1030. The van der Waals surface area contributed by atoms with E-state index in [0.29, 0.717) is 36.2 Å². The average Bonchev–Trinajstić information content (AvgIpc) is 3.77. The standard InChI is InChI=1S/C24H21NO8/c26-23(32-17-5-1-15(2-6-17)28-11-19-13-30-19)21-9-10-22(25-21)24(27)33-18-7-3-16(4-8-18)29-12-20-14-31-20/h1-10,19-20,25H,11-14H2. The van der Waals surface area contributed by atoms with Crippen molar-refractivity contribution in [3.63, 3.8) is 0 Å². The van der Waals surface area contributed by atoms with Gasteiger partial charge in [-0.2, -0.15) is 0 Å². The molecule has 1 aromatic heterocycles. The molecular weight excluding hydrogens is 430 g/mol. The molecule has 0 bridgehead atoms. The fraction of sp³-hybridized carbons (Fsp3) is 0.250. The second-order valence-corrected chi connectivity index (χ2v) is 7.54. The lowest BCUT2D eigenvalue weighted by Gasteiger charge is -2.07. The summed E-state index contributed by atoms with van der Waals surface area (Å²) in [7, 11) is 0. The van der Waals surface area contributed by atoms with Crippen molar-refractivity contribution < 1.29 is 38.0 Å². The summed E-state index contributed by atoms with van der Waals surface area (Å²) in [6.07, 6.45) is 0.328. The molecule has 2 fully saturated rings. The molecule has 0 amide bonds. The maximum atomic E-state index is 12.4. The van der Waals surface area contributed by atoms with E-state index >= 15 is 0 Å². The first kappa shape index (κ1) is 21.0. The van der Waals surface area contributed by atoms with Gasteiger partial charge >= 0.3 is 11.9 Å². The zero-order chi connectivity index (χ0) is 22.6. The zero-order valence-corrected chi connectivity index (χ0v) is 17.5. The van der Waals surface area contributed by atoms with E-state index in [4.69, 9.17) is 28.4 Å². The molecule has 0 saturated carbocycles. The van der Waals surface area contributed by atoms with Crippen LogP contribution in [0, 0.1) is 0 Å². The Kier molecular flexibility index (Phi) is 5.97. The highest BCUT2D eigenvalue weighted by Crippen LogP contribution is 2.22. The maximum Gasteiger partial charge on any atom is 0.360 e. The van der Waals surface area contributed by atoms with Gasteiger partial charge in [-0.05, 0) is 60.7 Å². The number of H-pyrrole nitrogens is 1. The summed E-state index contributed by atoms with van der Waals surface area (Å²) < 4.78 is 32.0. The minimum Gasteiger partial charge on any atom is -0.491 e. The topological polar surface area (TPSA) is 112 Å². The summed E-state index contributed by atoms with van der Waals surface area (Å²) in [5.41, 5.74) is 0.249. The Morgan fingerprint density at radius 2 is 1.03 bits per heavy atom. The van der Waals surface area contributed by atoms with Crippen LogP contribution in [0.25, 0.3) is 0 Å². The number of esters is 2. The van der Waals surface area contributed by atoms with E-state index in [2.05, 4.69) is 4.98 Å². The first-order chi connectivity index (χ1) is 16.1. The SMILES string of the molecule is O=C(Oc1ccc(OCC2CO2)cc1)c1ccc(C(=O)Oc2ccc(OCC3CO3)cc2)[nH]1. The molecule has 2 unspecified atom stereocenters. The van der Waals surface area contributed by atoms with E-state index in [1.54, 1.807) is 48.5 Å². The van der Waals surface area contributed by atoms with Crippen LogP contribution in [0.3, 0.4) is 0 Å². The van der Waals surface area contributed by atoms with Crippen LogP contribution in [0.2, 0.25) is 0 Å². The third-order valence-corrected chi connectivity index (χ3v) is 4.87. The van der Waals surface area contributed by atoms with Gasteiger partial charge in [0.2, 0.25) is 0 Å². The summed E-state index contributed by atoms with van der Waals surface area (Å²) in [6.45, 7) is 2.43. The molecule has 2 saturated heterocycles. The lowest BCUT2D eigenvalue weighted by atomic mass is 10.3. The largest absolute Gasteiger partial charge is 0.491 e. The molecule has 9 heteroatoms. The number of aromatic nitrogens is 1. The van der Waals surface area contributed by atoms with Crippen molar-refractivity contribution >= 4 is 11.9 Å². The molecule has 2 aliphatic heterocycles. The predicted molar refractivity (Wildman–Crippen MR) is 114 cm³/mol. The Morgan fingerprint density at radius 1 is 0.667 bits per heavy atom. The van der Waals surface area contributed by atoms with Crippen LogP contribution in [0.15, 0.2) is 60.7 Å². The molecule has 2 aromatic carbocycles. The molecule has 33 heavy (non-hydrogen) atoms. The van der Waals surface area contributed by atoms with Gasteiger partial charge in [0, 0.05) is 0 Å².